The Morgan fingerprint density at radius 2 is 1.59 bits per heavy atom. The molecule has 1 aliphatic rings. The van der Waals surface area contributed by atoms with Crippen LogP contribution in [-0.4, -0.2) is 40.2 Å². The third-order valence-corrected chi connectivity index (χ3v) is 7.18. The number of hydrogen-bond acceptors (Lipinski definition) is 4. The molecule has 6 nitrogen and oxygen atoms in total. The first kappa shape index (κ1) is 24.1. The molecule has 2 aromatic carbocycles. The molecule has 1 saturated heterocycles. The topological polar surface area (TPSA) is 69.7 Å². The molecule has 1 fully saturated rings. The molecule has 1 atom stereocenters. The third-order valence-electron chi connectivity index (χ3n) is 6.06. The van der Waals surface area contributed by atoms with Gasteiger partial charge in [-0.25, -0.2) is 8.42 Å². The number of hydrogen-bond donors (Lipinski definition) is 1. The smallest absolute Gasteiger partial charge is 0.241 e. The van der Waals surface area contributed by atoms with Crippen molar-refractivity contribution in [3.05, 3.63) is 58.7 Å². The van der Waals surface area contributed by atoms with E-state index in [-0.39, 0.29) is 18.5 Å². The van der Waals surface area contributed by atoms with Crippen LogP contribution in [0.3, 0.4) is 0 Å². The highest BCUT2D eigenvalue weighted by Crippen LogP contribution is 2.28. The Balaban J connectivity index is 1.71. The van der Waals surface area contributed by atoms with E-state index >= 15 is 0 Å². The van der Waals surface area contributed by atoms with Crippen LogP contribution in [0.2, 0.25) is 0 Å². The molecule has 1 aliphatic heterocycles. The lowest BCUT2D eigenvalue weighted by Gasteiger charge is -2.29. The van der Waals surface area contributed by atoms with Crippen molar-refractivity contribution in [3.8, 4) is 0 Å². The maximum Gasteiger partial charge on any atom is 0.241 e. The zero-order valence-electron chi connectivity index (χ0n) is 19.8. The van der Waals surface area contributed by atoms with E-state index in [9.17, 15) is 13.2 Å². The van der Waals surface area contributed by atoms with Gasteiger partial charge < -0.3 is 10.2 Å². The lowest BCUT2D eigenvalue weighted by molar-refractivity contribution is -0.120. The Morgan fingerprint density at radius 3 is 2.12 bits per heavy atom. The Labute approximate surface area is 192 Å². The van der Waals surface area contributed by atoms with Crippen LogP contribution in [0.25, 0.3) is 0 Å². The summed E-state index contributed by atoms with van der Waals surface area (Å²) in [6.45, 7) is 9.56. The monoisotopic (exact) mass is 457 g/mol. The molecule has 1 unspecified atom stereocenters. The molecule has 0 bridgehead atoms. The van der Waals surface area contributed by atoms with Gasteiger partial charge in [0.05, 0.1) is 18.0 Å². The fraction of sp³-hybridized carbons (Fsp3) is 0.480. The number of aryl methyl sites for hydroxylation is 3. The van der Waals surface area contributed by atoms with Gasteiger partial charge in [-0.1, -0.05) is 29.8 Å². The first-order valence-corrected chi connectivity index (χ1v) is 13.1. The number of benzene rings is 2. The SMILES string of the molecule is Cc1cc(C)c(N(CC(=O)NC(C)c2ccc(N3CCCCC3)cc2)S(C)(=O)=O)c(C)c1. The zero-order chi connectivity index (χ0) is 23.5. The van der Waals surface area contributed by atoms with Crippen LogP contribution in [0.5, 0.6) is 0 Å². The van der Waals surface area contributed by atoms with Crippen molar-refractivity contribution in [2.24, 2.45) is 0 Å². The molecular formula is C25H35N3O3S. The predicted octanol–water partition coefficient (Wildman–Crippen LogP) is 4.25. The number of carbonyl (C=O) groups excluding carboxylic acids is 1. The molecule has 1 amide bonds. The van der Waals surface area contributed by atoms with Crippen LogP contribution in [0.4, 0.5) is 11.4 Å². The van der Waals surface area contributed by atoms with Gasteiger partial charge in [-0.15, -0.1) is 0 Å². The van der Waals surface area contributed by atoms with Crippen molar-refractivity contribution in [2.75, 3.05) is 35.1 Å². The molecule has 32 heavy (non-hydrogen) atoms. The molecule has 0 aromatic heterocycles. The molecule has 0 saturated carbocycles. The highest BCUT2D eigenvalue weighted by molar-refractivity contribution is 7.92. The second-order valence-corrected chi connectivity index (χ2v) is 10.9. The van der Waals surface area contributed by atoms with E-state index in [1.165, 1.54) is 29.3 Å². The number of amides is 1. The molecule has 1 N–H and O–H groups in total. The molecule has 0 aliphatic carbocycles. The molecule has 0 spiro atoms. The van der Waals surface area contributed by atoms with E-state index < -0.39 is 10.0 Å². The van der Waals surface area contributed by atoms with Gasteiger partial charge >= 0.3 is 0 Å². The van der Waals surface area contributed by atoms with Crippen LogP contribution >= 0.6 is 0 Å². The first-order chi connectivity index (χ1) is 15.1. The molecule has 174 valence electrons. The minimum Gasteiger partial charge on any atom is -0.372 e. The number of rotatable bonds is 7. The summed E-state index contributed by atoms with van der Waals surface area (Å²) in [6, 6.07) is 11.9. The number of nitrogens with zero attached hydrogens (tertiary/aromatic N) is 2. The van der Waals surface area contributed by atoms with E-state index in [1.807, 2.05) is 52.0 Å². The fourth-order valence-corrected chi connectivity index (χ4v) is 5.53. The average Bonchev–Trinajstić information content (AvgIpc) is 2.72. The quantitative estimate of drug-likeness (QED) is 0.675. The average molecular weight is 458 g/mol. The molecular weight excluding hydrogens is 422 g/mol. The van der Waals surface area contributed by atoms with Crippen molar-refractivity contribution in [1.29, 1.82) is 0 Å². The number of anilines is 2. The lowest BCUT2D eigenvalue weighted by Crippen LogP contribution is -2.41. The molecule has 1 heterocycles. The zero-order valence-corrected chi connectivity index (χ0v) is 20.6. The van der Waals surface area contributed by atoms with Gasteiger partial charge in [0, 0.05) is 18.8 Å². The summed E-state index contributed by atoms with van der Waals surface area (Å²) in [7, 11) is -3.62. The summed E-state index contributed by atoms with van der Waals surface area (Å²) >= 11 is 0. The van der Waals surface area contributed by atoms with E-state index in [0.717, 1.165) is 41.6 Å². The summed E-state index contributed by atoms with van der Waals surface area (Å²) in [5.74, 6) is -0.331. The number of nitrogens with one attached hydrogen (secondary N) is 1. The van der Waals surface area contributed by atoms with Crippen molar-refractivity contribution >= 4 is 27.3 Å². The molecule has 3 rings (SSSR count). The number of sulfonamides is 1. The highest BCUT2D eigenvalue weighted by Gasteiger charge is 2.25. The van der Waals surface area contributed by atoms with Gasteiger partial charge in [0.25, 0.3) is 0 Å². The van der Waals surface area contributed by atoms with Gasteiger partial charge in [0.15, 0.2) is 0 Å². The Morgan fingerprint density at radius 1 is 1.03 bits per heavy atom. The summed E-state index contributed by atoms with van der Waals surface area (Å²) in [5.41, 5.74) is 5.51. The molecule has 2 aromatic rings. The van der Waals surface area contributed by atoms with E-state index in [0.29, 0.717) is 5.69 Å². The fourth-order valence-electron chi connectivity index (χ4n) is 4.55. The van der Waals surface area contributed by atoms with Gasteiger partial charge in [-0.05, 0) is 75.8 Å². The second-order valence-electron chi connectivity index (χ2n) is 8.95. The van der Waals surface area contributed by atoms with E-state index in [2.05, 4.69) is 22.3 Å². The van der Waals surface area contributed by atoms with Crippen LogP contribution in [0, 0.1) is 20.8 Å². The van der Waals surface area contributed by atoms with E-state index in [4.69, 9.17) is 0 Å². The van der Waals surface area contributed by atoms with Crippen LogP contribution in [-0.2, 0) is 14.8 Å². The Bertz CT molecular complexity index is 1040. The molecule has 7 heteroatoms. The van der Waals surface area contributed by atoms with E-state index in [1.54, 1.807) is 0 Å². The summed E-state index contributed by atoms with van der Waals surface area (Å²) in [5, 5.41) is 2.96. The highest BCUT2D eigenvalue weighted by atomic mass is 32.2. The van der Waals surface area contributed by atoms with Gasteiger partial charge in [-0.2, -0.15) is 0 Å². The third kappa shape index (κ3) is 5.82. The van der Waals surface area contributed by atoms with Gasteiger partial charge in [0.1, 0.15) is 6.54 Å². The minimum absolute atomic E-state index is 0.223. The minimum atomic E-state index is -3.62. The molecule has 0 radical (unpaired) electrons. The van der Waals surface area contributed by atoms with Gasteiger partial charge in [-0.3, -0.25) is 9.10 Å². The summed E-state index contributed by atoms with van der Waals surface area (Å²) < 4.78 is 26.3. The number of carbonyl (C=O) groups is 1. The second kappa shape index (κ2) is 9.94. The normalized spacial score (nSPS) is 15.3. The van der Waals surface area contributed by atoms with Gasteiger partial charge in [0.2, 0.25) is 15.9 Å². The lowest BCUT2D eigenvalue weighted by atomic mass is 10.0. The van der Waals surface area contributed by atoms with Crippen LogP contribution in [0.1, 0.15) is 54.5 Å². The van der Waals surface area contributed by atoms with Crippen LogP contribution < -0.4 is 14.5 Å². The first-order valence-electron chi connectivity index (χ1n) is 11.3. The standard InChI is InChI=1S/C25H35N3O3S/c1-18-15-19(2)25(20(3)16-18)28(32(5,30)31)17-24(29)26-21(4)22-9-11-23(12-10-22)27-13-7-6-8-14-27/h9-12,15-16,21H,6-8,13-14,17H2,1-5H3,(H,26,29). The number of piperidine rings is 1. The Hall–Kier alpha value is -2.54. The maximum atomic E-state index is 12.8. The Kier molecular flexibility index (Phi) is 7.49. The van der Waals surface area contributed by atoms with Crippen molar-refractivity contribution in [2.45, 2.75) is 53.0 Å². The van der Waals surface area contributed by atoms with Crippen molar-refractivity contribution in [3.63, 3.8) is 0 Å². The summed E-state index contributed by atoms with van der Waals surface area (Å²) in [4.78, 5) is 15.2. The van der Waals surface area contributed by atoms with Crippen LogP contribution in [0.15, 0.2) is 36.4 Å². The predicted molar refractivity (Wildman–Crippen MR) is 132 cm³/mol. The maximum absolute atomic E-state index is 12.8. The largest absolute Gasteiger partial charge is 0.372 e. The summed E-state index contributed by atoms with van der Waals surface area (Å²) in [6.07, 6.45) is 4.89. The van der Waals surface area contributed by atoms with Crippen molar-refractivity contribution in [1.82, 2.24) is 5.32 Å². The van der Waals surface area contributed by atoms with Crippen molar-refractivity contribution < 1.29 is 13.2 Å².